The first-order valence-corrected chi connectivity index (χ1v) is 7.45. The van der Waals surface area contributed by atoms with Crippen molar-refractivity contribution in [1.82, 2.24) is 4.98 Å². The van der Waals surface area contributed by atoms with E-state index in [-0.39, 0.29) is 5.97 Å². The van der Waals surface area contributed by atoms with Gasteiger partial charge in [-0.2, -0.15) is 0 Å². The SMILES string of the molecule is CCOC(=O)c1nc(Nc2cccc(COC)c2)sc1C. The molecule has 0 bridgehead atoms. The molecule has 21 heavy (non-hydrogen) atoms. The number of ether oxygens (including phenoxy) is 2. The van der Waals surface area contributed by atoms with Crippen LogP contribution < -0.4 is 5.32 Å². The molecular formula is C15H18N2O3S. The van der Waals surface area contributed by atoms with E-state index in [1.807, 2.05) is 31.2 Å². The van der Waals surface area contributed by atoms with E-state index in [9.17, 15) is 4.79 Å². The Hall–Kier alpha value is -1.92. The number of nitrogens with zero attached hydrogens (tertiary/aromatic N) is 1. The average Bonchev–Trinajstić information content (AvgIpc) is 2.81. The Labute approximate surface area is 127 Å². The van der Waals surface area contributed by atoms with Crippen molar-refractivity contribution in [3.8, 4) is 0 Å². The van der Waals surface area contributed by atoms with E-state index < -0.39 is 0 Å². The summed E-state index contributed by atoms with van der Waals surface area (Å²) in [6.45, 7) is 4.54. The topological polar surface area (TPSA) is 60.5 Å². The molecule has 112 valence electrons. The molecule has 0 unspecified atom stereocenters. The van der Waals surface area contributed by atoms with Crippen LogP contribution in [0.2, 0.25) is 0 Å². The van der Waals surface area contributed by atoms with Crippen molar-refractivity contribution in [3.05, 3.63) is 40.4 Å². The summed E-state index contributed by atoms with van der Waals surface area (Å²) >= 11 is 1.43. The maximum absolute atomic E-state index is 11.7. The van der Waals surface area contributed by atoms with Crippen molar-refractivity contribution < 1.29 is 14.3 Å². The zero-order valence-electron chi connectivity index (χ0n) is 12.3. The van der Waals surface area contributed by atoms with Gasteiger partial charge >= 0.3 is 5.97 Å². The first-order valence-electron chi connectivity index (χ1n) is 6.63. The third-order valence-electron chi connectivity index (χ3n) is 2.75. The largest absolute Gasteiger partial charge is 0.461 e. The first kappa shape index (κ1) is 15.5. The molecule has 0 amide bonds. The normalized spacial score (nSPS) is 10.4. The quantitative estimate of drug-likeness (QED) is 0.827. The number of benzene rings is 1. The summed E-state index contributed by atoms with van der Waals surface area (Å²) in [5.74, 6) is -0.382. The van der Waals surface area contributed by atoms with Crippen LogP contribution in [0.25, 0.3) is 0 Å². The van der Waals surface area contributed by atoms with Crippen LogP contribution in [0.5, 0.6) is 0 Å². The highest BCUT2D eigenvalue weighted by Crippen LogP contribution is 2.26. The number of carbonyl (C=O) groups is 1. The molecule has 1 N–H and O–H groups in total. The highest BCUT2D eigenvalue weighted by Gasteiger charge is 2.16. The lowest BCUT2D eigenvalue weighted by Crippen LogP contribution is -2.06. The predicted octanol–water partition coefficient (Wildman–Crippen LogP) is 3.52. The Balaban J connectivity index is 2.15. The molecule has 0 aliphatic rings. The summed E-state index contributed by atoms with van der Waals surface area (Å²) in [5, 5.41) is 3.88. The summed E-state index contributed by atoms with van der Waals surface area (Å²) in [6.07, 6.45) is 0. The van der Waals surface area contributed by atoms with Crippen LogP contribution in [0.4, 0.5) is 10.8 Å². The smallest absolute Gasteiger partial charge is 0.358 e. The summed E-state index contributed by atoms with van der Waals surface area (Å²) in [7, 11) is 1.66. The summed E-state index contributed by atoms with van der Waals surface area (Å²) in [5.41, 5.74) is 2.35. The van der Waals surface area contributed by atoms with Crippen molar-refractivity contribution in [2.24, 2.45) is 0 Å². The highest BCUT2D eigenvalue weighted by atomic mass is 32.1. The van der Waals surface area contributed by atoms with Gasteiger partial charge in [-0.3, -0.25) is 0 Å². The molecule has 0 saturated carbocycles. The lowest BCUT2D eigenvalue weighted by Gasteiger charge is -2.05. The van der Waals surface area contributed by atoms with Crippen LogP contribution in [-0.4, -0.2) is 24.7 Å². The van der Waals surface area contributed by atoms with Gasteiger partial charge in [0.15, 0.2) is 10.8 Å². The minimum absolute atomic E-state index is 0.345. The standard InChI is InChI=1S/C15H18N2O3S/c1-4-20-14(18)13-10(2)21-15(17-13)16-12-7-5-6-11(8-12)9-19-3/h5-8H,4,9H2,1-3H3,(H,16,17). The molecule has 0 aliphatic carbocycles. The molecule has 5 nitrogen and oxygen atoms in total. The number of anilines is 2. The third kappa shape index (κ3) is 4.03. The maximum atomic E-state index is 11.7. The number of thiazole rings is 1. The number of aromatic nitrogens is 1. The zero-order chi connectivity index (χ0) is 15.2. The van der Waals surface area contributed by atoms with Crippen molar-refractivity contribution in [2.45, 2.75) is 20.5 Å². The van der Waals surface area contributed by atoms with Crippen LogP contribution in [0.15, 0.2) is 24.3 Å². The molecule has 0 spiro atoms. The van der Waals surface area contributed by atoms with Gasteiger partial charge in [-0.1, -0.05) is 12.1 Å². The van der Waals surface area contributed by atoms with E-state index in [2.05, 4.69) is 10.3 Å². The minimum Gasteiger partial charge on any atom is -0.461 e. The van der Waals surface area contributed by atoms with E-state index in [1.54, 1.807) is 14.0 Å². The van der Waals surface area contributed by atoms with Crippen molar-refractivity contribution >= 4 is 28.1 Å². The fourth-order valence-corrected chi connectivity index (χ4v) is 2.69. The van der Waals surface area contributed by atoms with Gasteiger partial charge < -0.3 is 14.8 Å². The molecule has 2 aromatic rings. The number of esters is 1. The lowest BCUT2D eigenvalue weighted by atomic mass is 10.2. The number of aryl methyl sites for hydroxylation is 1. The van der Waals surface area contributed by atoms with Crippen molar-refractivity contribution in [3.63, 3.8) is 0 Å². The molecule has 0 aliphatic heterocycles. The monoisotopic (exact) mass is 306 g/mol. The van der Waals surface area contributed by atoms with Gasteiger partial charge in [0.05, 0.1) is 13.2 Å². The van der Waals surface area contributed by atoms with Crippen LogP contribution in [0.3, 0.4) is 0 Å². The minimum atomic E-state index is -0.382. The Morgan fingerprint density at radius 3 is 2.95 bits per heavy atom. The molecule has 0 atom stereocenters. The lowest BCUT2D eigenvalue weighted by molar-refractivity contribution is 0.0519. The number of nitrogens with one attached hydrogen (secondary N) is 1. The summed E-state index contributed by atoms with van der Waals surface area (Å²) in [6, 6.07) is 7.87. The van der Waals surface area contributed by atoms with Crippen LogP contribution in [-0.2, 0) is 16.1 Å². The van der Waals surface area contributed by atoms with E-state index in [0.29, 0.717) is 24.0 Å². The second-order valence-electron chi connectivity index (χ2n) is 4.40. The molecule has 0 fully saturated rings. The second kappa shape index (κ2) is 7.19. The number of hydrogen-bond acceptors (Lipinski definition) is 6. The number of rotatable bonds is 6. The van der Waals surface area contributed by atoms with Crippen LogP contribution >= 0.6 is 11.3 Å². The Kier molecular flexibility index (Phi) is 5.30. The van der Waals surface area contributed by atoms with Crippen LogP contribution in [0.1, 0.15) is 27.9 Å². The fraction of sp³-hybridized carbons (Fsp3) is 0.333. The van der Waals surface area contributed by atoms with E-state index in [0.717, 1.165) is 16.1 Å². The molecule has 2 rings (SSSR count). The molecule has 6 heteroatoms. The van der Waals surface area contributed by atoms with Gasteiger partial charge in [0.2, 0.25) is 0 Å². The van der Waals surface area contributed by atoms with Gasteiger partial charge in [0.25, 0.3) is 0 Å². The summed E-state index contributed by atoms with van der Waals surface area (Å²) in [4.78, 5) is 16.9. The second-order valence-corrected chi connectivity index (χ2v) is 5.61. The number of carbonyl (C=O) groups excluding carboxylic acids is 1. The molecule has 1 aromatic carbocycles. The van der Waals surface area contributed by atoms with E-state index in [4.69, 9.17) is 9.47 Å². The maximum Gasteiger partial charge on any atom is 0.358 e. The van der Waals surface area contributed by atoms with Crippen LogP contribution in [0, 0.1) is 6.92 Å². The molecule has 1 aromatic heterocycles. The predicted molar refractivity (Wildman–Crippen MR) is 83.2 cm³/mol. The Morgan fingerprint density at radius 1 is 1.43 bits per heavy atom. The number of hydrogen-bond donors (Lipinski definition) is 1. The van der Waals surface area contributed by atoms with Gasteiger partial charge in [-0.25, -0.2) is 9.78 Å². The molecule has 0 saturated heterocycles. The van der Waals surface area contributed by atoms with Crippen molar-refractivity contribution in [2.75, 3.05) is 19.0 Å². The highest BCUT2D eigenvalue weighted by molar-refractivity contribution is 7.15. The fourth-order valence-electron chi connectivity index (χ4n) is 1.87. The third-order valence-corrected chi connectivity index (χ3v) is 3.64. The zero-order valence-corrected chi connectivity index (χ0v) is 13.1. The van der Waals surface area contributed by atoms with Gasteiger partial charge in [0.1, 0.15) is 0 Å². The molecular weight excluding hydrogens is 288 g/mol. The van der Waals surface area contributed by atoms with Gasteiger partial charge in [-0.15, -0.1) is 11.3 Å². The number of methoxy groups -OCH3 is 1. The summed E-state index contributed by atoms with van der Waals surface area (Å²) < 4.78 is 10.1. The van der Waals surface area contributed by atoms with Crippen molar-refractivity contribution in [1.29, 1.82) is 0 Å². The first-order chi connectivity index (χ1) is 10.1. The van der Waals surface area contributed by atoms with E-state index >= 15 is 0 Å². The van der Waals surface area contributed by atoms with Gasteiger partial charge in [-0.05, 0) is 31.5 Å². The van der Waals surface area contributed by atoms with Gasteiger partial charge in [0, 0.05) is 17.7 Å². The Bertz CT molecular complexity index is 625. The Morgan fingerprint density at radius 2 is 2.24 bits per heavy atom. The molecule has 0 radical (unpaired) electrons. The van der Waals surface area contributed by atoms with E-state index in [1.165, 1.54) is 11.3 Å². The molecule has 1 heterocycles. The average molecular weight is 306 g/mol.